The topological polar surface area (TPSA) is 38.5 Å². The molecule has 1 aromatic rings. The molecule has 2 rings (SSSR count). The number of anilines is 1. The van der Waals surface area contributed by atoms with Crippen LogP contribution in [0.25, 0.3) is 0 Å². The number of benzene rings is 1. The number of halogens is 3. The maximum Gasteiger partial charge on any atom is 0.416 e. The lowest BCUT2D eigenvalue weighted by Gasteiger charge is -2.19. The average Bonchev–Trinajstić information content (AvgIpc) is 2.76. The van der Waals surface area contributed by atoms with E-state index in [9.17, 15) is 13.2 Å². The number of hydrogen-bond donors (Lipinski definition) is 1. The molecule has 0 radical (unpaired) electrons. The first-order valence-electron chi connectivity index (χ1n) is 5.28. The zero-order valence-corrected chi connectivity index (χ0v) is 9.07. The van der Waals surface area contributed by atoms with Gasteiger partial charge in [-0.05, 0) is 24.6 Å². The van der Waals surface area contributed by atoms with Crippen LogP contribution in [0.3, 0.4) is 0 Å². The average molecular weight is 246 g/mol. The summed E-state index contributed by atoms with van der Waals surface area (Å²) in [7, 11) is 0. The van der Waals surface area contributed by atoms with E-state index in [4.69, 9.17) is 10.7 Å². The minimum atomic E-state index is -4.31. The van der Waals surface area contributed by atoms with Gasteiger partial charge >= 0.3 is 6.18 Å². The summed E-state index contributed by atoms with van der Waals surface area (Å²) in [5, 5.41) is 0. The minimum Gasteiger partial charge on any atom is -0.369 e. The second-order valence-electron chi connectivity index (χ2n) is 4.04. The molecular formula is C11H13F3N2O. The van der Waals surface area contributed by atoms with Gasteiger partial charge in [-0.2, -0.15) is 13.2 Å². The summed E-state index contributed by atoms with van der Waals surface area (Å²) in [5.74, 6) is 5.07. The third-order valence-corrected chi connectivity index (χ3v) is 2.88. The van der Waals surface area contributed by atoms with Crippen molar-refractivity contribution in [3.05, 3.63) is 29.8 Å². The van der Waals surface area contributed by atoms with Gasteiger partial charge in [-0.3, -0.25) is 4.84 Å². The SMILES string of the molecule is NOC1CCN(c2cccc(C(F)(F)F)c2)C1. The highest BCUT2D eigenvalue weighted by Gasteiger charge is 2.31. The van der Waals surface area contributed by atoms with E-state index in [1.54, 1.807) is 6.07 Å². The van der Waals surface area contributed by atoms with E-state index in [2.05, 4.69) is 0 Å². The molecule has 0 aromatic heterocycles. The number of hydrogen-bond acceptors (Lipinski definition) is 3. The van der Waals surface area contributed by atoms with E-state index in [0.717, 1.165) is 18.6 Å². The van der Waals surface area contributed by atoms with Crippen molar-refractivity contribution in [1.82, 2.24) is 0 Å². The first kappa shape index (κ1) is 12.2. The third kappa shape index (κ3) is 2.70. The van der Waals surface area contributed by atoms with Crippen molar-refractivity contribution in [3.63, 3.8) is 0 Å². The molecule has 17 heavy (non-hydrogen) atoms. The van der Waals surface area contributed by atoms with Crippen molar-refractivity contribution in [2.45, 2.75) is 18.7 Å². The van der Waals surface area contributed by atoms with Crippen LogP contribution in [0.4, 0.5) is 18.9 Å². The highest BCUT2D eigenvalue weighted by molar-refractivity contribution is 5.50. The Morgan fingerprint density at radius 1 is 1.35 bits per heavy atom. The van der Waals surface area contributed by atoms with Gasteiger partial charge in [0.25, 0.3) is 0 Å². The number of nitrogens with two attached hydrogens (primary N) is 1. The second kappa shape index (κ2) is 4.54. The van der Waals surface area contributed by atoms with Crippen molar-refractivity contribution in [2.75, 3.05) is 18.0 Å². The quantitative estimate of drug-likeness (QED) is 0.813. The standard InChI is InChI=1S/C11H13F3N2O/c12-11(13,14)8-2-1-3-9(6-8)16-5-4-10(7-16)17-15/h1-3,6,10H,4-5,7,15H2. The first-order chi connectivity index (χ1) is 8.00. The van der Waals surface area contributed by atoms with Crippen molar-refractivity contribution in [3.8, 4) is 0 Å². The zero-order chi connectivity index (χ0) is 12.5. The summed E-state index contributed by atoms with van der Waals surface area (Å²) in [4.78, 5) is 6.54. The van der Waals surface area contributed by atoms with Crippen LogP contribution in [0.2, 0.25) is 0 Å². The molecule has 0 bridgehead atoms. The van der Waals surface area contributed by atoms with Gasteiger partial charge in [0.15, 0.2) is 0 Å². The maximum absolute atomic E-state index is 12.5. The Morgan fingerprint density at radius 2 is 2.12 bits per heavy atom. The van der Waals surface area contributed by atoms with Crippen LogP contribution in [0.1, 0.15) is 12.0 Å². The van der Waals surface area contributed by atoms with Crippen LogP contribution in [0.5, 0.6) is 0 Å². The van der Waals surface area contributed by atoms with E-state index in [1.807, 2.05) is 4.90 Å². The monoisotopic (exact) mass is 246 g/mol. The second-order valence-corrected chi connectivity index (χ2v) is 4.04. The fourth-order valence-electron chi connectivity index (χ4n) is 1.95. The fourth-order valence-corrected chi connectivity index (χ4v) is 1.95. The molecular weight excluding hydrogens is 233 g/mol. The lowest BCUT2D eigenvalue weighted by Crippen LogP contribution is -2.24. The Morgan fingerprint density at radius 3 is 2.71 bits per heavy atom. The van der Waals surface area contributed by atoms with Gasteiger partial charge in [0.1, 0.15) is 0 Å². The summed E-state index contributed by atoms with van der Waals surface area (Å²) >= 11 is 0. The highest BCUT2D eigenvalue weighted by Crippen LogP contribution is 2.32. The van der Waals surface area contributed by atoms with Gasteiger partial charge in [0.05, 0.1) is 11.7 Å². The minimum absolute atomic E-state index is 0.107. The molecule has 1 saturated heterocycles. The van der Waals surface area contributed by atoms with E-state index in [0.29, 0.717) is 18.8 Å². The van der Waals surface area contributed by atoms with Crippen LogP contribution in [0, 0.1) is 0 Å². The van der Waals surface area contributed by atoms with Gasteiger partial charge in [0, 0.05) is 18.8 Å². The number of nitrogens with zero attached hydrogens (tertiary/aromatic N) is 1. The molecule has 0 spiro atoms. The van der Waals surface area contributed by atoms with Gasteiger partial charge < -0.3 is 4.90 Å². The Bertz CT molecular complexity index is 395. The van der Waals surface area contributed by atoms with E-state index < -0.39 is 11.7 Å². The predicted octanol–water partition coefficient (Wildman–Crippen LogP) is 2.17. The van der Waals surface area contributed by atoms with Crippen LogP contribution < -0.4 is 10.8 Å². The molecule has 1 aliphatic rings. The zero-order valence-electron chi connectivity index (χ0n) is 9.07. The molecule has 94 valence electrons. The molecule has 0 saturated carbocycles. The molecule has 0 aliphatic carbocycles. The predicted molar refractivity (Wildman–Crippen MR) is 57.3 cm³/mol. The van der Waals surface area contributed by atoms with Gasteiger partial charge in [-0.1, -0.05) is 6.07 Å². The summed E-state index contributed by atoms with van der Waals surface area (Å²) in [6, 6.07) is 5.29. The molecule has 1 aliphatic heterocycles. The third-order valence-electron chi connectivity index (χ3n) is 2.88. The van der Waals surface area contributed by atoms with E-state index in [1.165, 1.54) is 6.07 Å². The molecule has 1 unspecified atom stereocenters. The molecule has 1 heterocycles. The molecule has 3 nitrogen and oxygen atoms in total. The maximum atomic E-state index is 12.5. The molecule has 1 fully saturated rings. The largest absolute Gasteiger partial charge is 0.416 e. The Balaban J connectivity index is 2.17. The van der Waals surface area contributed by atoms with Crippen molar-refractivity contribution < 1.29 is 18.0 Å². The first-order valence-corrected chi connectivity index (χ1v) is 5.28. The molecule has 2 N–H and O–H groups in total. The Kier molecular flexibility index (Phi) is 3.26. The lowest BCUT2D eigenvalue weighted by molar-refractivity contribution is -0.137. The Labute approximate surface area is 96.9 Å². The van der Waals surface area contributed by atoms with Crippen LogP contribution >= 0.6 is 0 Å². The summed E-state index contributed by atoms with van der Waals surface area (Å²) in [5.41, 5.74) is -0.0773. The number of rotatable bonds is 2. The molecule has 6 heteroatoms. The van der Waals surface area contributed by atoms with Crippen molar-refractivity contribution >= 4 is 5.69 Å². The van der Waals surface area contributed by atoms with Gasteiger partial charge in [-0.15, -0.1) is 0 Å². The van der Waals surface area contributed by atoms with Gasteiger partial charge in [-0.25, -0.2) is 5.90 Å². The van der Waals surface area contributed by atoms with Crippen LogP contribution in [0.15, 0.2) is 24.3 Å². The van der Waals surface area contributed by atoms with Crippen molar-refractivity contribution in [2.24, 2.45) is 5.90 Å². The smallest absolute Gasteiger partial charge is 0.369 e. The molecule has 1 aromatic carbocycles. The Hall–Kier alpha value is -1.27. The fraction of sp³-hybridized carbons (Fsp3) is 0.455. The van der Waals surface area contributed by atoms with Crippen LogP contribution in [-0.4, -0.2) is 19.2 Å². The number of alkyl halides is 3. The lowest BCUT2D eigenvalue weighted by atomic mass is 10.2. The molecule has 1 atom stereocenters. The summed E-state index contributed by atoms with van der Waals surface area (Å²) in [6.07, 6.45) is -3.68. The summed E-state index contributed by atoms with van der Waals surface area (Å²) in [6.45, 7) is 1.18. The van der Waals surface area contributed by atoms with E-state index in [-0.39, 0.29) is 6.10 Å². The molecule has 0 amide bonds. The van der Waals surface area contributed by atoms with Crippen molar-refractivity contribution in [1.29, 1.82) is 0 Å². The van der Waals surface area contributed by atoms with E-state index >= 15 is 0 Å². The summed E-state index contributed by atoms with van der Waals surface area (Å²) < 4.78 is 37.6. The van der Waals surface area contributed by atoms with Crippen LogP contribution in [-0.2, 0) is 11.0 Å². The normalized spacial score (nSPS) is 20.9. The van der Waals surface area contributed by atoms with Gasteiger partial charge in [0.2, 0.25) is 0 Å². The highest BCUT2D eigenvalue weighted by atomic mass is 19.4.